The molecule has 0 atom stereocenters. The minimum atomic E-state index is -0.119. The second-order valence-electron chi connectivity index (χ2n) is 2.97. The molecule has 0 bridgehead atoms. The van der Waals surface area contributed by atoms with Crippen LogP contribution in [0.4, 0.5) is 0 Å². The number of hydrogen-bond donors (Lipinski definition) is 2. The Kier molecular flexibility index (Phi) is 5.53. The van der Waals surface area contributed by atoms with Crippen molar-refractivity contribution in [2.45, 2.75) is 17.7 Å². The predicted octanol–water partition coefficient (Wildman–Crippen LogP) is 2.20. The quantitative estimate of drug-likeness (QED) is 0.275. The van der Waals surface area contributed by atoms with Gasteiger partial charge in [0.15, 0.2) is 0 Å². The maximum atomic E-state index is 10.8. The molecule has 3 N–H and O–H groups in total. The lowest BCUT2D eigenvalue weighted by Crippen LogP contribution is -2.29. The van der Waals surface area contributed by atoms with E-state index in [1.807, 2.05) is 24.3 Å². The highest BCUT2D eigenvalue weighted by atomic mass is 35.5. The summed E-state index contributed by atoms with van der Waals surface area (Å²) in [5, 5.41) is 0.738. The maximum absolute atomic E-state index is 10.8. The van der Waals surface area contributed by atoms with Gasteiger partial charge in [0.2, 0.25) is 5.91 Å². The molecule has 0 saturated heterocycles. The first kappa shape index (κ1) is 12.4. The standard InChI is InChI=1S/C10H13ClN2OS/c11-8-3-5-9(6-4-8)15-7-1-2-10(14)13-12/h3-6H,1-2,7,12H2,(H,13,14). The van der Waals surface area contributed by atoms with Crippen LogP contribution in [0, 0.1) is 0 Å². The van der Waals surface area contributed by atoms with E-state index in [1.54, 1.807) is 11.8 Å². The minimum Gasteiger partial charge on any atom is -0.294 e. The fourth-order valence-electron chi connectivity index (χ4n) is 1.03. The second kappa shape index (κ2) is 6.71. The summed E-state index contributed by atoms with van der Waals surface area (Å²) in [6.45, 7) is 0. The molecule has 0 aliphatic heterocycles. The van der Waals surface area contributed by atoms with Crippen molar-refractivity contribution in [2.24, 2.45) is 5.84 Å². The summed E-state index contributed by atoms with van der Waals surface area (Å²) in [7, 11) is 0. The van der Waals surface area contributed by atoms with Crippen molar-refractivity contribution < 1.29 is 4.79 Å². The number of carbonyl (C=O) groups is 1. The van der Waals surface area contributed by atoms with Gasteiger partial charge >= 0.3 is 0 Å². The maximum Gasteiger partial charge on any atom is 0.233 e. The van der Waals surface area contributed by atoms with Crippen LogP contribution < -0.4 is 11.3 Å². The number of amides is 1. The summed E-state index contributed by atoms with van der Waals surface area (Å²) < 4.78 is 0. The molecule has 0 radical (unpaired) electrons. The molecule has 0 saturated carbocycles. The number of hydrogen-bond acceptors (Lipinski definition) is 3. The van der Waals surface area contributed by atoms with Crippen LogP contribution in [0.5, 0.6) is 0 Å². The first-order valence-electron chi connectivity index (χ1n) is 4.60. The zero-order chi connectivity index (χ0) is 11.1. The van der Waals surface area contributed by atoms with Gasteiger partial charge in [-0.25, -0.2) is 5.84 Å². The molecule has 82 valence electrons. The molecule has 0 aliphatic carbocycles. The van der Waals surface area contributed by atoms with Gasteiger partial charge in [-0.05, 0) is 36.4 Å². The van der Waals surface area contributed by atoms with E-state index in [0.29, 0.717) is 6.42 Å². The molecule has 1 rings (SSSR count). The van der Waals surface area contributed by atoms with E-state index in [0.717, 1.165) is 22.1 Å². The van der Waals surface area contributed by atoms with Crippen molar-refractivity contribution in [3.63, 3.8) is 0 Å². The van der Waals surface area contributed by atoms with Gasteiger partial charge in [0.05, 0.1) is 0 Å². The summed E-state index contributed by atoms with van der Waals surface area (Å²) in [5.74, 6) is 5.74. The van der Waals surface area contributed by atoms with E-state index >= 15 is 0 Å². The van der Waals surface area contributed by atoms with Crippen LogP contribution in [0.3, 0.4) is 0 Å². The summed E-state index contributed by atoms with van der Waals surface area (Å²) in [5.41, 5.74) is 2.11. The molecule has 0 spiro atoms. The van der Waals surface area contributed by atoms with E-state index in [1.165, 1.54) is 0 Å². The van der Waals surface area contributed by atoms with Gasteiger partial charge < -0.3 is 0 Å². The van der Waals surface area contributed by atoms with Gasteiger partial charge in [0.1, 0.15) is 0 Å². The van der Waals surface area contributed by atoms with Crippen LogP contribution in [0.2, 0.25) is 5.02 Å². The number of carbonyl (C=O) groups excluding carboxylic acids is 1. The average Bonchev–Trinajstić information content (AvgIpc) is 2.26. The van der Waals surface area contributed by atoms with Crippen LogP contribution in [0.1, 0.15) is 12.8 Å². The molecule has 3 nitrogen and oxygen atoms in total. The second-order valence-corrected chi connectivity index (χ2v) is 4.58. The SMILES string of the molecule is NNC(=O)CCCSc1ccc(Cl)cc1. The topological polar surface area (TPSA) is 55.1 Å². The number of hydrazine groups is 1. The van der Waals surface area contributed by atoms with Crippen molar-refractivity contribution in [3.05, 3.63) is 29.3 Å². The Hall–Kier alpha value is -0.710. The van der Waals surface area contributed by atoms with E-state index in [4.69, 9.17) is 17.4 Å². The predicted molar refractivity (Wildman–Crippen MR) is 63.7 cm³/mol. The monoisotopic (exact) mass is 244 g/mol. The molecule has 1 amide bonds. The third-order valence-electron chi connectivity index (χ3n) is 1.79. The lowest BCUT2D eigenvalue weighted by Gasteiger charge is -2.01. The smallest absolute Gasteiger partial charge is 0.233 e. The fourth-order valence-corrected chi connectivity index (χ4v) is 2.00. The molecule has 1 aromatic rings. The number of halogens is 1. The number of nitrogens with one attached hydrogen (secondary N) is 1. The van der Waals surface area contributed by atoms with Crippen LogP contribution in [-0.4, -0.2) is 11.7 Å². The highest BCUT2D eigenvalue weighted by Gasteiger charge is 1.98. The Morgan fingerprint density at radius 3 is 2.67 bits per heavy atom. The van der Waals surface area contributed by atoms with Crippen LogP contribution >= 0.6 is 23.4 Å². The molecule has 5 heteroatoms. The van der Waals surface area contributed by atoms with Crippen LogP contribution in [-0.2, 0) is 4.79 Å². The Balaban J connectivity index is 2.20. The molecule has 0 fully saturated rings. The first-order valence-corrected chi connectivity index (χ1v) is 5.96. The number of nitrogens with two attached hydrogens (primary N) is 1. The molecule has 0 unspecified atom stereocenters. The third kappa shape index (κ3) is 5.06. The Bertz CT molecular complexity index is 316. The summed E-state index contributed by atoms with van der Waals surface area (Å²) >= 11 is 7.46. The van der Waals surface area contributed by atoms with Gasteiger partial charge in [-0.3, -0.25) is 10.2 Å². The highest BCUT2D eigenvalue weighted by molar-refractivity contribution is 7.99. The number of benzene rings is 1. The van der Waals surface area contributed by atoms with E-state index in [2.05, 4.69) is 5.43 Å². The zero-order valence-electron chi connectivity index (χ0n) is 8.20. The third-order valence-corrected chi connectivity index (χ3v) is 3.14. The summed E-state index contributed by atoms with van der Waals surface area (Å²) in [6, 6.07) is 7.65. The molecule has 0 heterocycles. The van der Waals surface area contributed by atoms with Crippen molar-refractivity contribution in [1.82, 2.24) is 5.43 Å². The molecule has 0 aromatic heterocycles. The van der Waals surface area contributed by atoms with Gasteiger partial charge in [-0.2, -0.15) is 0 Å². The molecule has 0 aliphatic rings. The van der Waals surface area contributed by atoms with Gasteiger partial charge in [0.25, 0.3) is 0 Å². The van der Waals surface area contributed by atoms with Gasteiger partial charge in [0, 0.05) is 16.3 Å². The minimum absolute atomic E-state index is 0.119. The van der Waals surface area contributed by atoms with Crippen molar-refractivity contribution in [2.75, 3.05) is 5.75 Å². The van der Waals surface area contributed by atoms with Gasteiger partial charge in [-0.15, -0.1) is 11.8 Å². The first-order chi connectivity index (χ1) is 7.22. The van der Waals surface area contributed by atoms with Crippen molar-refractivity contribution in [3.8, 4) is 0 Å². The van der Waals surface area contributed by atoms with E-state index in [-0.39, 0.29) is 5.91 Å². The lowest BCUT2D eigenvalue weighted by atomic mass is 10.3. The van der Waals surface area contributed by atoms with Crippen LogP contribution in [0.25, 0.3) is 0 Å². The van der Waals surface area contributed by atoms with E-state index in [9.17, 15) is 4.79 Å². The molecule has 1 aromatic carbocycles. The molecular weight excluding hydrogens is 232 g/mol. The number of thioether (sulfide) groups is 1. The fraction of sp³-hybridized carbons (Fsp3) is 0.300. The largest absolute Gasteiger partial charge is 0.294 e. The Labute approximate surface area is 98.3 Å². The number of rotatable bonds is 5. The van der Waals surface area contributed by atoms with Gasteiger partial charge in [-0.1, -0.05) is 11.6 Å². The zero-order valence-corrected chi connectivity index (χ0v) is 9.77. The summed E-state index contributed by atoms with van der Waals surface area (Å²) in [6.07, 6.45) is 1.29. The van der Waals surface area contributed by atoms with Crippen molar-refractivity contribution >= 4 is 29.3 Å². The highest BCUT2D eigenvalue weighted by Crippen LogP contribution is 2.21. The van der Waals surface area contributed by atoms with Crippen LogP contribution in [0.15, 0.2) is 29.2 Å². The average molecular weight is 245 g/mol. The Morgan fingerprint density at radius 2 is 2.07 bits per heavy atom. The van der Waals surface area contributed by atoms with E-state index < -0.39 is 0 Å². The normalized spacial score (nSPS) is 10.0. The summed E-state index contributed by atoms with van der Waals surface area (Å²) in [4.78, 5) is 12.0. The Morgan fingerprint density at radius 1 is 1.40 bits per heavy atom. The molecule has 15 heavy (non-hydrogen) atoms. The lowest BCUT2D eigenvalue weighted by molar-refractivity contribution is -0.121. The molecular formula is C10H13ClN2OS. The van der Waals surface area contributed by atoms with Crippen molar-refractivity contribution in [1.29, 1.82) is 0 Å².